The number of piperidine rings is 1. The second-order valence-electron chi connectivity index (χ2n) is 11.2. The Morgan fingerprint density at radius 1 is 1.20 bits per heavy atom. The first-order valence-electron chi connectivity index (χ1n) is 14.0. The molecule has 40 heavy (non-hydrogen) atoms. The van der Waals surface area contributed by atoms with Crippen molar-refractivity contribution in [3.8, 4) is 5.75 Å². The van der Waals surface area contributed by atoms with Crippen LogP contribution >= 0.6 is 0 Å². The molecule has 11 heteroatoms. The third-order valence-corrected chi connectivity index (χ3v) is 7.47. The molecule has 0 radical (unpaired) electrons. The molecular formula is C29H40N4O7. The van der Waals surface area contributed by atoms with Crippen molar-refractivity contribution in [2.75, 3.05) is 31.1 Å². The first-order chi connectivity index (χ1) is 18.9. The summed E-state index contributed by atoms with van der Waals surface area (Å²) in [5.41, 5.74) is -0.102. The number of amides is 3. The Kier molecular flexibility index (Phi) is 8.72. The van der Waals surface area contributed by atoms with Gasteiger partial charge in [-0.2, -0.15) is 0 Å². The smallest absolute Gasteiger partial charge is 0.476 e. The molecule has 1 atom stereocenters. The lowest BCUT2D eigenvalue weighted by Crippen LogP contribution is -2.54. The summed E-state index contributed by atoms with van der Waals surface area (Å²) in [6.45, 7) is 13.3. The van der Waals surface area contributed by atoms with E-state index in [0.29, 0.717) is 54.6 Å². The lowest BCUT2D eigenvalue weighted by atomic mass is 9.99. The predicted molar refractivity (Wildman–Crippen MR) is 148 cm³/mol. The first kappa shape index (κ1) is 29.4. The zero-order chi connectivity index (χ0) is 29.2. The van der Waals surface area contributed by atoms with Crippen molar-refractivity contribution < 1.29 is 28.0 Å². The fourth-order valence-corrected chi connectivity index (χ4v) is 5.45. The van der Waals surface area contributed by atoms with E-state index >= 15 is 0 Å². The van der Waals surface area contributed by atoms with Crippen LogP contribution in [-0.2, 0) is 16.1 Å². The highest BCUT2D eigenvalue weighted by atomic mass is 16.6. The summed E-state index contributed by atoms with van der Waals surface area (Å²) in [5.74, 6) is 0.318. The van der Waals surface area contributed by atoms with Gasteiger partial charge in [-0.15, -0.1) is 0 Å². The van der Waals surface area contributed by atoms with E-state index < -0.39 is 11.4 Å². The Labute approximate surface area is 234 Å². The van der Waals surface area contributed by atoms with Gasteiger partial charge >= 0.3 is 5.82 Å². The van der Waals surface area contributed by atoms with E-state index in [1.165, 1.54) is 0 Å². The van der Waals surface area contributed by atoms with E-state index in [2.05, 4.69) is 10.2 Å². The van der Waals surface area contributed by atoms with Crippen LogP contribution in [0.1, 0.15) is 75.8 Å². The summed E-state index contributed by atoms with van der Waals surface area (Å²) >= 11 is 0. The van der Waals surface area contributed by atoms with Crippen molar-refractivity contribution in [1.29, 1.82) is 0 Å². The quantitative estimate of drug-likeness (QED) is 0.500. The van der Waals surface area contributed by atoms with Crippen LogP contribution in [0.25, 0.3) is 0 Å². The molecule has 4 rings (SSSR count). The second kappa shape index (κ2) is 11.9. The van der Waals surface area contributed by atoms with Crippen molar-refractivity contribution >= 4 is 23.4 Å². The van der Waals surface area contributed by atoms with Gasteiger partial charge in [0.1, 0.15) is 11.5 Å². The molecule has 2 aliphatic rings. The molecule has 3 amide bonds. The summed E-state index contributed by atoms with van der Waals surface area (Å²) in [6.07, 6.45) is 2.09. The molecule has 0 saturated carbocycles. The largest absolute Gasteiger partial charge is 0.519 e. The number of benzene rings is 1. The minimum absolute atomic E-state index is 0.0478. The Morgan fingerprint density at radius 2 is 1.95 bits per heavy atom. The van der Waals surface area contributed by atoms with Crippen LogP contribution in [0, 0.1) is 6.92 Å². The van der Waals surface area contributed by atoms with Crippen molar-refractivity contribution in [3.63, 3.8) is 0 Å². The van der Waals surface area contributed by atoms with Gasteiger partial charge in [0.05, 0.1) is 12.2 Å². The number of hydrogen-bond acceptors (Lipinski definition) is 8. The van der Waals surface area contributed by atoms with Crippen LogP contribution in [0.15, 0.2) is 31.8 Å². The average molecular weight is 557 g/mol. The summed E-state index contributed by atoms with van der Waals surface area (Å²) < 4.78 is 16.2. The number of carbonyl (C=O) groups excluding carboxylic acids is 3. The number of likely N-dealkylation sites (tertiary alicyclic amines) is 1. The monoisotopic (exact) mass is 556 g/mol. The van der Waals surface area contributed by atoms with Crippen LogP contribution in [0.2, 0.25) is 0 Å². The zero-order valence-corrected chi connectivity index (χ0v) is 24.2. The Balaban J connectivity index is 1.56. The van der Waals surface area contributed by atoms with Gasteiger partial charge in [0, 0.05) is 43.7 Å². The van der Waals surface area contributed by atoms with Crippen LogP contribution in [0.5, 0.6) is 5.75 Å². The number of nitrogens with one attached hydrogen (secondary N) is 1. The van der Waals surface area contributed by atoms with Gasteiger partial charge in [-0.3, -0.25) is 19.3 Å². The van der Waals surface area contributed by atoms with E-state index in [-0.39, 0.29) is 36.3 Å². The molecule has 11 nitrogen and oxygen atoms in total. The number of hydrogen-bond donors (Lipinski definition) is 1. The predicted octanol–water partition coefficient (Wildman–Crippen LogP) is 3.09. The molecule has 3 heterocycles. The highest BCUT2D eigenvalue weighted by Gasteiger charge is 2.41. The molecule has 218 valence electrons. The molecule has 1 saturated heterocycles. The highest BCUT2D eigenvalue weighted by Crippen LogP contribution is 2.38. The van der Waals surface area contributed by atoms with E-state index in [1.54, 1.807) is 50.8 Å². The molecular weight excluding hydrogens is 516 g/mol. The summed E-state index contributed by atoms with van der Waals surface area (Å²) in [4.78, 5) is 56.2. The second-order valence-corrected chi connectivity index (χ2v) is 11.2. The van der Waals surface area contributed by atoms with Crippen molar-refractivity contribution in [2.45, 2.75) is 85.0 Å². The maximum absolute atomic E-state index is 14.0. The number of nitrogens with zero attached hydrogens (tertiary/aromatic N) is 3. The van der Waals surface area contributed by atoms with E-state index in [4.69, 9.17) is 13.6 Å². The highest BCUT2D eigenvalue weighted by molar-refractivity contribution is 6.04. The van der Waals surface area contributed by atoms with E-state index in [0.717, 1.165) is 19.4 Å². The number of carbonyl (C=O) groups is 3. The summed E-state index contributed by atoms with van der Waals surface area (Å²) in [5, 5.41) is 2.81. The molecule has 0 aliphatic carbocycles. The van der Waals surface area contributed by atoms with E-state index in [9.17, 15) is 19.2 Å². The van der Waals surface area contributed by atoms with Gasteiger partial charge < -0.3 is 28.7 Å². The maximum Gasteiger partial charge on any atom is 0.519 e. The lowest BCUT2D eigenvalue weighted by molar-refractivity contribution is -0.132. The Morgan fingerprint density at radius 3 is 2.60 bits per heavy atom. The van der Waals surface area contributed by atoms with Crippen LogP contribution in [-0.4, -0.2) is 71.4 Å². The molecule has 2 aromatic rings. The van der Waals surface area contributed by atoms with Crippen LogP contribution < -0.4 is 20.8 Å². The average Bonchev–Trinajstić information content (AvgIpc) is 3.21. The number of rotatable bonds is 9. The topological polar surface area (TPSA) is 126 Å². The van der Waals surface area contributed by atoms with Gasteiger partial charge in [0.2, 0.25) is 5.91 Å². The first-order valence-corrected chi connectivity index (χ1v) is 14.0. The number of aryl methyl sites for hydroxylation is 1. The van der Waals surface area contributed by atoms with Crippen LogP contribution in [0.4, 0.5) is 5.69 Å². The molecule has 0 bridgehead atoms. The molecule has 0 unspecified atom stereocenters. The Bertz CT molecular complexity index is 1310. The minimum atomic E-state index is -1.07. The van der Waals surface area contributed by atoms with Gasteiger partial charge in [-0.1, -0.05) is 6.92 Å². The lowest BCUT2D eigenvalue weighted by Gasteiger charge is -2.42. The van der Waals surface area contributed by atoms with Crippen molar-refractivity contribution in [3.05, 3.63) is 45.9 Å². The maximum atomic E-state index is 14.0. The third kappa shape index (κ3) is 6.24. The van der Waals surface area contributed by atoms with Gasteiger partial charge in [0.25, 0.3) is 11.8 Å². The normalized spacial score (nSPS) is 18.8. The van der Waals surface area contributed by atoms with Gasteiger partial charge in [0.15, 0.2) is 11.4 Å². The van der Waals surface area contributed by atoms with Crippen LogP contribution in [0.3, 0.4) is 0 Å². The standard InChI is InChI=1S/C29H40N4O7/c1-7-25(34)30-12-14-32-22-15-20(10-11-23(22)40-29(5,6)27(32)36)26(35)33(18(2)3)21-9-8-13-31(16-21)17-24-19(4)38-28(37)39-24/h10-11,15,18,21H,7-9,12-14,16-17H2,1-6H3,(H,30,34)/t21-/m1/s1. The minimum Gasteiger partial charge on any atom is -0.476 e. The molecule has 1 aromatic heterocycles. The van der Waals surface area contributed by atoms with Gasteiger partial charge in [-0.05, 0) is 72.2 Å². The molecule has 0 spiro atoms. The molecule has 1 N–H and O–H groups in total. The van der Waals surface area contributed by atoms with E-state index in [1.807, 2.05) is 18.7 Å². The number of ether oxygens (including phenoxy) is 1. The van der Waals surface area contributed by atoms with Gasteiger partial charge in [-0.25, -0.2) is 4.79 Å². The number of fused-ring (bicyclic) bond motifs is 1. The SMILES string of the molecule is CCC(=O)NCCN1C(=O)C(C)(C)Oc2ccc(C(=O)N(C(C)C)[C@@H]3CCCN(Cc4oc(=O)oc4C)C3)cc21. The fraction of sp³-hybridized carbons (Fsp3) is 0.586. The summed E-state index contributed by atoms with van der Waals surface area (Å²) in [6, 6.07) is 5.08. The fourth-order valence-electron chi connectivity index (χ4n) is 5.45. The molecule has 1 fully saturated rings. The molecule has 2 aliphatic heterocycles. The number of anilines is 1. The molecule has 1 aromatic carbocycles. The van der Waals surface area contributed by atoms with Crippen molar-refractivity contribution in [1.82, 2.24) is 15.1 Å². The summed E-state index contributed by atoms with van der Waals surface area (Å²) in [7, 11) is 0. The third-order valence-electron chi connectivity index (χ3n) is 7.47. The van der Waals surface area contributed by atoms with Crippen molar-refractivity contribution in [2.24, 2.45) is 0 Å². The zero-order valence-electron chi connectivity index (χ0n) is 24.2. The Hall–Kier alpha value is -3.60.